The molecule has 22 heavy (non-hydrogen) atoms. The number of aryl methyl sites for hydroxylation is 1. The van der Waals surface area contributed by atoms with Crippen LogP contribution in [0.5, 0.6) is 0 Å². The van der Waals surface area contributed by atoms with Crippen molar-refractivity contribution < 1.29 is 9.90 Å². The van der Waals surface area contributed by atoms with E-state index in [1.54, 1.807) is 5.38 Å². The number of carbonyl (C=O) groups is 1. The van der Waals surface area contributed by atoms with Crippen LogP contribution in [-0.2, 0) is 6.42 Å². The Labute approximate surface area is 134 Å². The Kier molecular flexibility index (Phi) is 4.27. The van der Waals surface area contributed by atoms with Gasteiger partial charge in [-0.15, -0.1) is 11.3 Å². The Morgan fingerprint density at radius 1 is 1.36 bits per heavy atom. The van der Waals surface area contributed by atoms with E-state index in [1.165, 1.54) is 22.5 Å². The van der Waals surface area contributed by atoms with Crippen LogP contribution in [0.3, 0.4) is 0 Å². The number of hydrogen-bond donors (Lipinski definition) is 2. The van der Waals surface area contributed by atoms with Gasteiger partial charge in [0, 0.05) is 18.3 Å². The zero-order chi connectivity index (χ0) is 15.6. The second-order valence-corrected chi connectivity index (χ2v) is 6.99. The summed E-state index contributed by atoms with van der Waals surface area (Å²) in [5.74, 6) is -0.202. The van der Waals surface area contributed by atoms with E-state index in [0.29, 0.717) is 12.2 Å². The molecule has 1 fully saturated rings. The molecule has 0 saturated heterocycles. The number of amides is 1. The van der Waals surface area contributed by atoms with E-state index in [2.05, 4.69) is 41.5 Å². The number of rotatable bonds is 5. The molecule has 0 radical (unpaired) electrons. The van der Waals surface area contributed by atoms with Crippen LogP contribution in [0.1, 0.15) is 45.9 Å². The largest absolute Gasteiger partial charge is 0.388 e. The number of nitrogens with zero attached hydrogens (tertiary/aromatic N) is 1. The minimum atomic E-state index is -0.698. The molecule has 0 atom stereocenters. The van der Waals surface area contributed by atoms with Gasteiger partial charge in [-0.1, -0.05) is 29.8 Å². The standard InChI is InChI=1S/C17H20N2O2S/c1-12-3-5-13(6-4-12)9-15-19-14(10-22-15)16(20)18-11-17(21)7-2-8-17/h3-6,10,21H,2,7-9,11H2,1H3,(H,18,20). The molecule has 2 aromatic rings. The molecule has 1 aromatic heterocycles. The molecule has 5 heteroatoms. The number of thiazole rings is 1. The van der Waals surface area contributed by atoms with Crippen LogP contribution in [-0.4, -0.2) is 28.1 Å². The molecular formula is C17H20N2O2S. The molecule has 1 aliphatic rings. The topological polar surface area (TPSA) is 62.2 Å². The van der Waals surface area contributed by atoms with Crippen LogP contribution < -0.4 is 5.32 Å². The molecule has 1 heterocycles. The minimum Gasteiger partial charge on any atom is -0.388 e. The van der Waals surface area contributed by atoms with Gasteiger partial charge >= 0.3 is 0 Å². The Morgan fingerprint density at radius 3 is 2.73 bits per heavy atom. The van der Waals surface area contributed by atoms with Gasteiger partial charge in [0.15, 0.2) is 0 Å². The summed E-state index contributed by atoms with van der Waals surface area (Å²) in [7, 11) is 0. The van der Waals surface area contributed by atoms with E-state index in [1.807, 2.05) is 0 Å². The van der Waals surface area contributed by atoms with E-state index in [0.717, 1.165) is 30.7 Å². The van der Waals surface area contributed by atoms with Crippen LogP contribution in [0, 0.1) is 6.92 Å². The Hall–Kier alpha value is -1.72. The van der Waals surface area contributed by atoms with E-state index < -0.39 is 5.60 Å². The average Bonchev–Trinajstić information content (AvgIpc) is 2.94. The monoisotopic (exact) mass is 316 g/mol. The highest BCUT2D eigenvalue weighted by atomic mass is 32.1. The quantitative estimate of drug-likeness (QED) is 0.891. The van der Waals surface area contributed by atoms with Crippen molar-refractivity contribution in [1.29, 1.82) is 0 Å². The first kappa shape index (κ1) is 15.2. The first-order valence-corrected chi connectivity index (χ1v) is 8.43. The Bertz CT molecular complexity index is 660. The zero-order valence-corrected chi connectivity index (χ0v) is 13.4. The van der Waals surface area contributed by atoms with Crippen molar-refractivity contribution >= 4 is 17.2 Å². The lowest BCUT2D eigenvalue weighted by Crippen LogP contribution is -2.47. The predicted octanol–water partition coefficient (Wildman–Crippen LogP) is 2.69. The van der Waals surface area contributed by atoms with E-state index in [4.69, 9.17) is 0 Å². The number of carbonyl (C=O) groups excluding carboxylic acids is 1. The van der Waals surface area contributed by atoms with Crippen LogP contribution >= 0.6 is 11.3 Å². The number of aromatic nitrogens is 1. The summed E-state index contributed by atoms with van der Waals surface area (Å²) in [6.45, 7) is 2.38. The summed E-state index contributed by atoms with van der Waals surface area (Å²) in [5, 5.41) is 15.5. The van der Waals surface area contributed by atoms with Gasteiger partial charge in [0.05, 0.1) is 10.6 Å². The third-order valence-electron chi connectivity index (χ3n) is 4.12. The lowest BCUT2D eigenvalue weighted by atomic mass is 9.80. The van der Waals surface area contributed by atoms with Crippen LogP contribution in [0.25, 0.3) is 0 Å². The first-order valence-electron chi connectivity index (χ1n) is 7.55. The highest BCUT2D eigenvalue weighted by Crippen LogP contribution is 2.30. The summed E-state index contributed by atoms with van der Waals surface area (Å²) >= 11 is 1.50. The molecule has 1 amide bonds. The van der Waals surface area contributed by atoms with Gasteiger partial charge in [-0.3, -0.25) is 4.79 Å². The van der Waals surface area contributed by atoms with Crippen LogP contribution in [0.4, 0.5) is 0 Å². The molecule has 1 aliphatic carbocycles. The zero-order valence-electron chi connectivity index (χ0n) is 12.6. The molecule has 3 rings (SSSR count). The molecule has 1 saturated carbocycles. The molecule has 0 spiro atoms. The smallest absolute Gasteiger partial charge is 0.270 e. The summed E-state index contributed by atoms with van der Waals surface area (Å²) in [6, 6.07) is 8.33. The van der Waals surface area contributed by atoms with Crippen LogP contribution in [0.2, 0.25) is 0 Å². The van der Waals surface area contributed by atoms with Gasteiger partial charge in [0.25, 0.3) is 5.91 Å². The van der Waals surface area contributed by atoms with E-state index in [9.17, 15) is 9.90 Å². The fraction of sp³-hybridized carbons (Fsp3) is 0.412. The normalized spacial score (nSPS) is 16.1. The van der Waals surface area contributed by atoms with Gasteiger partial charge in [0.2, 0.25) is 0 Å². The van der Waals surface area contributed by atoms with E-state index in [-0.39, 0.29) is 5.91 Å². The van der Waals surface area contributed by atoms with Gasteiger partial charge in [-0.25, -0.2) is 4.98 Å². The highest BCUT2D eigenvalue weighted by Gasteiger charge is 2.34. The predicted molar refractivity (Wildman–Crippen MR) is 87.2 cm³/mol. The highest BCUT2D eigenvalue weighted by molar-refractivity contribution is 7.09. The lowest BCUT2D eigenvalue weighted by Gasteiger charge is -2.36. The molecular weight excluding hydrogens is 296 g/mol. The maximum Gasteiger partial charge on any atom is 0.270 e. The van der Waals surface area contributed by atoms with Crippen molar-refractivity contribution in [3.63, 3.8) is 0 Å². The van der Waals surface area contributed by atoms with Gasteiger partial charge in [-0.05, 0) is 31.7 Å². The summed E-state index contributed by atoms with van der Waals surface area (Å²) < 4.78 is 0. The van der Waals surface area contributed by atoms with E-state index >= 15 is 0 Å². The summed E-state index contributed by atoms with van der Waals surface area (Å²) in [4.78, 5) is 16.5. The lowest BCUT2D eigenvalue weighted by molar-refractivity contribution is -0.0300. The van der Waals surface area contributed by atoms with Crippen molar-refractivity contribution in [3.05, 3.63) is 51.5 Å². The molecule has 2 N–H and O–H groups in total. The van der Waals surface area contributed by atoms with Crippen molar-refractivity contribution in [2.24, 2.45) is 0 Å². The first-order chi connectivity index (χ1) is 10.5. The maximum absolute atomic E-state index is 12.1. The Balaban J connectivity index is 1.58. The molecule has 116 valence electrons. The van der Waals surface area contributed by atoms with Crippen molar-refractivity contribution in [3.8, 4) is 0 Å². The maximum atomic E-state index is 12.1. The molecule has 1 aromatic carbocycles. The van der Waals surface area contributed by atoms with Crippen LogP contribution in [0.15, 0.2) is 29.6 Å². The number of aliphatic hydroxyl groups is 1. The van der Waals surface area contributed by atoms with Gasteiger partial charge in [0.1, 0.15) is 5.69 Å². The summed E-state index contributed by atoms with van der Waals surface area (Å²) in [6.07, 6.45) is 3.30. The van der Waals surface area contributed by atoms with Gasteiger partial charge in [-0.2, -0.15) is 0 Å². The SMILES string of the molecule is Cc1ccc(Cc2nc(C(=O)NCC3(O)CCC3)cs2)cc1. The molecule has 4 nitrogen and oxygen atoms in total. The fourth-order valence-corrected chi connectivity index (χ4v) is 3.28. The molecule has 0 bridgehead atoms. The number of nitrogens with one attached hydrogen (secondary N) is 1. The average molecular weight is 316 g/mol. The molecule has 0 unspecified atom stereocenters. The number of benzene rings is 1. The number of hydrogen-bond acceptors (Lipinski definition) is 4. The van der Waals surface area contributed by atoms with Crippen molar-refractivity contribution in [2.75, 3.05) is 6.54 Å². The van der Waals surface area contributed by atoms with Crippen molar-refractivity contribution in [1.82, 2.24) is 10.3 Å². The van der Waals surface area contributed by atoms with Crippen molar-refractivity contribution in [2.45, 2.75) is 38.2 Å². The molecule has 0 aliphatic heterocycles. The fourth-order valence-electron chi connectivity index (χ4n) is 2.47. The second-order valence-electron chi connectivity index (χ2n) is 6.05. The third-order valence-corrected chi connectivity index (χ3v) is 4.97. The third kappa shape index (κ3) is 3.54. The van der Waals surface area contributed by atoms with Gasteiger partial charge < -0.3 is 10.4 Å². The Morgan fingerprint density at radius 2 is 2.09 bits per heavy atom. The minimum absolute atomic E-state index is 0.202. The second kappa shape index (κ2) is 6.18. The summed E-state index contributed by atoms with van der Waals surface area (Å²) in [5.41, 5.74) is 2.17.